The topological polar surface area (TPSA) is 50.7 Å². The molecule has 0 saturated heterocycles. The Morgan fingerprint density at radius 3 is 2.50 bits per heavy atom. The number of rotatable bonds is 6. The molecule has 38 heavy (non-hydrogen) atoms. The lowest BCUT2D eigenvalue weighted by molar-refractivity contribution is -0.117. The van der Waals surface area contributed by atoms with E-state index in [0.717, 1.165) is 51.3 Å². The third-order valence-corrected chi connectivity index (χ3v) is 7.42. The van der Waals surface area contributed by atoms with Crippen molar-refractivity contribution >= 4 is 50.8 Å². The number of fused-ring (bicyclic) bond motifs is 1. The standard InChI is InChI=1S/C32H27FN2O2S/c1-21-4-14-27-22(2)16-19-34-30(28(27)20-21)37-26-12-5-23(6-13-26)7-15-29(36)32(17-18-32)31(38-3)35-25-10-8-24(33)9-11-25/h4-16,19-20,35H,2-3,17-18H2,1H3/b15-7+. The van der Waals surface area contributed by atoms with Gasteiger partial charge in [0.05, 0.1) is 10.4 Å². The van der Waals surface area contributed by atoms with Gasteiger partial charge in [0, 0.05) is 17.5 Å². The summed E-state index contributed by atoms with van der Waals surface area (Å²) < 4.78 is 19.4. The summed E-state index contributed by atoms with van der Waals surface area (Å²) >= 11 is 0. The van der Waals surface area contributed by atoms with E-state index in [-0.39, 0.29) is 11.6 Å². The van der Waals surface area contributed by atoms with Crippen LogP contribution >= 0.6 is 10.9 Å². The van der Waals surface area contributed by atoms with Crippen LogP contribution in [0.4, 0.5) is 10.1 Å². The molecular weight excluding hydrogens is 495 g/mol. The molecule has 0 radical (unpaired) electrons. The molecular formula is C32H27FN2O2S. The minimum Gasteiger partial charge on any atom is -0.438 e. The lowest BCUT2D eigenvalue weighted by Crippen LogP contribution is -2.29. The van der Waals surface area contributed by atoms with Crippen LogP contribution in [0.25, 0.3) is 11.6 Å². The predicted octanol–water partition coefficient (Wildman–Crippen LogP) is 7.27. The van der Waals surface area contributed by atoms with E-state index in [2.05, 4.69) is 22.8 Å². The second kappa shape index (κ2) is 10.6. The normalized spacial score (nSPS) is 15.3. The van der Waals surface area contributed by atoms with E-state index in [0.29, 0.717) is 11.6 Å². The van der Waals surface area contributed by atoms with Gasteiger partial charge in [0.2, 0.25) is 5.90 Å². The molecule has 0 spiro atoms. The summed E-state index contributed by atoms with van der Waals surface area (Å²) in [6.45, 7) is 6.15. The molecule has 1 saturated carbocycles. The van der Waals surface area contributed by atoms with Crippen LogP contribution in [0.3, 0.4) is 0 Å². The Kier molecular flexibility index (Phi) is 7.07. The number of allylic oxidation sites excluding steroid dienone is 3. The number of hydrogen-bond donors (Lipinski definition) is 1. The van der Waals surface area contributed by atoms with Crippen LogP contribution in [0.2, 0.25) is 0 Å². The fourth-order valence-corrected chi connectivity index (χ4v) is 5.08. The van der Waals surface area contributed by atoms with E-state index in [4.69, 9.17) is 4.74 Å². The first-order chi connectivity index (χ1) is 18.4. The number of ether oxygens (including phenoxy) is 1. The predicted molar refractivity (Wildman–Crippen MR) is 158 cm³/mol. The van der Waals surface area contributed by atoms with Gasteiger partial charge >= 0.3 is 0 Å². The molecule has 0 bridgehead atoms. The molecule has 1 heterocycles. The minimum atomic E-state index is -0.596. The number of aryl methyl sites for hydroxylation is 1. The number of nitrogens with one attached hydrogen (secondary N) is 1. The molecule has 1 N–H and O–H groups in total. The Morgan fingerprint density at radius 1 is 1.08 bits per heavy atom. The average Bonchev–Trinajstić information content (AvgIpc) is 3.74. The summed E-state index contributed by atoms with van der Waals surface area (Å²) in [4.78, 5) is 18.4. The molecule has 0 amide bonds. The number of nitrogens with zero attached hydrogens (tertiary/aromatic N) is 1. The highest BCUT2D eigenvalue weighted by molar-refractivity contribution is 7.96. The van der Waals surface area contributed by atoms with E-state index < -0.39 is 5.41 Å². The van der Waals surface area contributed by atoms with Crippen molar-refractivity contribution in [1.82, 2.24) is 0 Å². The van der Waals surface area contributed by atoms with Crippen molar-refractivity contribution < 1.29 is 13.9 Å². The van der Waals surface area contributed by atoms with Gasteiger partial charge < -0.3 is 10.1 Å². The third-order valence-electron chi connectivity index (χ3n) is 6.64. The Balaban J connectivity index is 1.27. The SMILES string of the molecule is C=S=C(Nc1ccc(F)cc1)C1(C(=O)/C=C/c2ccc(OC3=NC=CC(=C)c4ccc(C)cc43)cc2)CC1. The van der Waals surface area contributed by atoms with Crippen molar-refractivity contribution in [2.24, 2.45) is 10.4 Å². The number of aliphatic imine (C=N–C) groups is 1. The number of anilines is 1. The molecule has 1 aliphatic heterocycles. The number of carbonyl (C=O) groups excluding carboxylic acids is 1. The second-order valence-electron chi connectivity index (χ2n) is 9.38. The van der Waals surface area contributed by atoms with Crippen molar-refractivity contribution in [3.8, 4) is 5.75 Å². The highest BCUT2D eigenvalue weighted by Crippen LogP contribution is 2.49. The molecule has 190 valence electrons. The zero-order valence-electron chi connectivity index (χ0n) is 21.0. The monoisotopic (exact) mass is 522 g/mol. The number of halogens is 1. The van der Waals surface area contributed by atoms with Crippen molar-refractivity contribution in [3.05, 3.63) is 120 Å². The zero-order chi connectivity index (χ0) is 26.7. The molecule has 3 aromatic carbocycles. The first kappa shape index (κ1) is 25.4. The second-order valence-corrected chi connectivity index (χ2v) is 10.1. The lowest BCUT2D eigenvalue weighted by Gasteiger charge is -2.16. The summed E-state index contributed by atoms with van der Waals surface area (Å²) in [5.74, 6) is 4.80. The van der Waals surface area contributed by atoms with Gasteiger partial charge in [-0.3, -0.25) is 4.79 Å². The highest BCUT2D eigenvalue weighted by atomic mass is 32.1. The van der Waals surface area contributed by atoms with Crippen LogP contribution in [-0.4, -0.2) is 22.5 Å². The van der Waals surface area contributed by atoms with Gasteiger partial charge in [-0.1, -0.05) is 42.5 Å². The number of ketones is 1. The van der Waals surface area contributed by atoms with Gasteiger partial charge in [-0.25, -0.2) is 9.38 Å². The van der Waals surface area contributed by atoms with Crippen molar-refractivity contribution in [3.63, 3.8) is 0 Å². The maximum Gasteiger partial charge on any atom is 0.227 e. The summed E-state index contributed by atoms with van der Waals surface area (Å²) in [6, 6.07) is 19.7. The molecule has 0 aromatic heterocycles. The Hall–Kier alpha value is -4.29. The van der Waals surface area contributed by atoms with E-state index >= 15 is 0 Å². The summed E-state index contributed by atoms with van der Waals surface area (Å²) in [6.07, 6.45) is 8.50. The van der Waals surface area contributed by atoms with Crippen LogP contribution in [0.15, 0.2) is 96.7 Å². The Labute approximate surface area is 225 Å². The first-order valence-corrected chi connectivity index (χ1v) is 13.2. The van der Waals surface area contributed by atoms with E-state index in [1.54, 1.807) is 24.4 Å². The van der Waals surface area contributed by atoms with Crippen LogP contribution in [0, 0.1) is 18.2 Å². The van der Waals surface area contributed by atoms with Gasteiger partial charge in [-0.2, -0.15) is 0 Å². The van der Waals surface area contributed by atoms with Crippen molar-refractivity contribution in [1.29, 1.82) is 0 Å². The van der Waals surface area contributed by atoms with Crippen molar-refractivity contribution in [2.45, 2.75) is 19.8 Å². The first-order valence-electron chi connectivity index (χ1n) is 12.3. The number of carbonyl (C=O) groups is 1. The maximum absolute atomic E-state index is 13.3. The molecule has 0 atom stereocenters. The van der Waals surface area contributed by atoms with Gasteiger partial charge in [-0.05, 0) is 97.0 Å². The van der Waals surface area contributed by atoms with E-state index in [1.165, 1.54) is 23.1 Å². The molecule has 4 nitrogen and oxygen atoms in total. The lowest BCUT2D eigenvalue weighted by atomic mass is 9.99. The highest BCUT2D eigenvalue weighted by Gasteiger charge is 2.52. The fraction of sp³-hybridized carbons (Fsp3) is 0.125. The molecule has 1 fully saturated rings. The third kappa shape index (κ3) is 5.36. The largest absolute Gasteiger partial charge is 0.438 e. The van der Waals surface area contributed by atoms with Gasteiger partial charge in [-0.15, -0.1) is 10.9 Å². The van der Waals surface area contributed by atoms with Gasteiger partial charge in [0.1, 0.15) is 11.6 Å². The van der Waals surface area contributed by atoms with Crippen LogP contribution < -0.4 is 10.1 Å². The Morgan fingerprint density at radius 2 is 1.82 bits per heavy atom. The molecule has 1 aliphatic carbocycles. The Bertz CT molecular complexity index is 1560. The summed E-state index contributed by atoms with van der Waals surface area (Å²) in [5, 5.41) is 3.26. The van der Waals surface area contributed by atoms with Crippen molar-refractivity contribution in [2.75, 3.05) is 5.32 Å². The maximum atomic E-state index is 13.3. The van der Waals surface area contributed by atoms with Gasteiger partial charge in [0.15, 0.2) is 5.78 Å². The zero-order valence-corrected chi connectivity index (χ0v) is 21.9. The molecule has 6 heteroatoms. The van der Waals surface area contributed by atoms with Crippen LogP contribution in [-0.2, 0) is 4.79 Å². The summed E-state index contributed by atoms with van der Waals surface area (Å²) in [7, 11) is 1.27. The minimum absolute atomic E-state index is 0.0189. The molecule has 2 aliphatic rings. The molecule has 5 rings (SSSR count). The van der Waals surface area contributed by atoms with E-state index in [9.17, 15) is 9.18 Å². The molecule has 3 aromatic rings. The van der Waals surface area contributed by atoms with Crippen LogP contribution in [0.1, 0.15) is 35.1 Å². The number of benzene rings is 3. The van der Waals surface area contributed by atoms with Gasteiger partial charge in [0.25, 0.3) is 0 Å². The smallest absolute Gasteiger partial charge is 0.227 e. The van der Waals surface area contributed by atoms with Crippen LogP contribution in [0.5, 0.6) is 5.75 Å². The molecule has 0 unspecified atom stereocenters. The van der Waals surface area contributed by atoms with E-state index in [1.807, 2.05) is 61.5 Å². The fourth-order valence-electron chi connectivity index (χ4n) is 4.31. The quantitative estimate of drug-likeness (QED) is 0.274. The summed E-state index contributed by atoms with van der Waals surface area (Å²) in [5.41, 5.74) is 4.89. The average molecular weight is 523 g/mol. The number of hydrogen-bond acceptors (Lipinski definition) is 3.